The summed E-state index contributed by atoms with van der Waals surface area (Å²) < 4.78 is 40.2. The average Bonchev–Trinajstić information content (AvgIpc) is 2.69. The molecule has 0 atom stereocenters. The van der Waals surface area contributed by atoms with Crippen LogP contribution in [0.4, 0.5) is 18.9 Å². The number of amides is 2. The third-order valence-electron chi connectivity index (χ3n) is 3.83. The number of anilines is 1. The summed E-state index contributed by atoms with van der Waals surface area (Å²) in [6, 6.07) is 11.3. The van der Waals surface area contributed by atoms with E-state index >= 15 is 0 Å². The van der Waals surface area contributed by atoms with Crippen LogP contribution in [0.15, 0.2) is 60.8 Å². The van der Waals surface area contributed by atoms with Gasteiger partial charge in [0.1, 0.15) is 23.1 Å². The zero-order valence-electron chi connectivity index (χ0n) is 14.4. The Hall–Kier alpha value is -3.68. The first-order valence-electron chi connectivity index (χ1n) is 8.18. The van der Waals surface area contributed by atoms with Crippen molar-refractivity contribution in [3.63, 3.8) is 0 Å². The van der Waals surface area contributed by atoms with E-state index in [1.54, 1.807) is 12.1 Å². The number of halogens is 3. The molecule has 5 nitrogen and oxygen atoms in total. The van der Waals surface area contributed by atoms with Gasteiger partial charge in [-0.15, -0.1) is 0 Å². The van der Waals surface area contributed by atoms with Gasteiger partial charge in [0.05, 0.1) is 5.69 Å². The van der Waals surface area contributed by atoms with Crippen LogP contribution in [0.3, 0.4) is 0 Å². The monoisotopic (exact) mass is 385 g/mol. The predicted molar refractivity (Wildman–Crippen MR) is 96.1 cm³/mol. The van der Waals surface area contributed by atoms with Crippen molar-refractivity contribution in [2.24, 2.45) is 0 Å². The molecule has 1 heterocycles. The minimum atomic E-state index is -0.938. The van der Waals surface area contributed by atoms with Gasteiger partial charge >= 0.3 is 0 Å². The highest BCUT2D eigenvalue weighted by Gasteiger charge is 2.14. The minimum absolute atomic E-state index is 0.0316. The molecule has 2 N–H and O–H groups in total. The van der Waals surface area contributed by atoms with E-state index in [-0.39, 0.29) is 23.5 Å². The van der Waals surface area contributed by atoms with Crippen LogP contribution in [0.2, 0.25) is 0 Å². The van der Waals surface area contributed by atoms with Crippen LogP contribution in [0.5, 0.6) is 0 Å². The van der Waals surface area contributed by atoms with Gasteiger partial charge in [0.15, 0.2) is 0 Å². The molecular weight excluding hydrogens is 371 g/mol. The van der Waals surface area contributed by atoms with Gasteiger partial charge in [-0.05, 0) is 30.3 Å². The molecule has 0 saturated carbocycles. The third-order valence-corrected chi connectivity index (χ3v) is 3.83. The van der Waals surface area contributed by atoms with Gasteiger partial charge in [-0.2, -0.15) is 0 Å². The number of carbonyl (C=O) groups excluding carboxylic acids is 2. The van der Waals surface area contributed by atoms with Gasteiger partial charge in [-0.1, -0.05) is 18.2 Å². The minimum Gasteiger partial charge on any atom is -0.348 e. The van der Waals surface area contributed by atoms with E-state index in [9.17, 15) is 22.8 Å². The maximum Gasteiger partial charge on any atom is 0.274 e. The summed E-state index contributed by atoms with van der Waals surface area (Å²) in [6.07, 6.45) is 1.24. The topological polar surface area (TPSA) is 71.1 Å². The highest BCUT2D eigenvalue weighted by Crippen LogP contribution is 2.16. The first-order valence-corrected chi connectivity index (χ1v) is 8.18. The SMILES string of the molecule is O=C(NCc1ccccc1F)c1ccnc(C(=O)Nc2ccc(F)cc2F)c1. The van der Waals surface area contributed by atoms with Crippen LogP contribution in [-0.4, -0.2) is 16.8 Å². The fourth-order valence-electron chi connectivity index (χ4n) is 2.39. The molecule has 0 spiro atoms. The molecular formula is C20H14F3N3O2. The van der Waals surface area contributed by atoms with E-state index in [1.807, 2.05) is 0 Å². The summed E-state index contributed by atoms with van der Waals surface area (Å²) in [5, 5.41) is 4.81. The summed E-state index contributed by atoms with van der Waals surface area (Å²) in [5.74, 6) is -3.46. The lowest BCUT2D eigenvalue weighted by Crippen LogP contribution is -2.24. The van der Waals surface area contributed by atoms with Crippen molar-refractivity contribution in [2.75, 3.05) is 5.32 Å². The van der Waals surface area contributed by atoms with Crippen molar-refractivity contribution in [3.8, 4) is 0 Å². The molecule has 1 aromatic heterocycles. The Balaban J connectivity index is 1.69. The van der Waals surface area contributed by atoms with Crippen molar-refractivity contribution >= 4 is 17.5 Å². The number of pyridine rings is 1. The highest BCUT2D eigenvalue weighted by atomic mass is 19.1. The molecule has 28 heavy (non-hydrogen) atoms. The van der Waals surface area contributed by atoms with E-state index in [1.165, 1.54) is 30.5 Å². The fraction of sp³-hybridized carbons (Fsp3) is 0.0500. The second-order valence-corrected chi connectivity index (χ2v) is 5.78. The molecule has 0 aliphatic carbocycles. The van der Waals surface area contributed by atoms with Crippen LogP contribution >= 0.6 is 0 Å². The highest BCUT2D eigenvalue weighted by molar-refractivity contribution is 6.04. The van der Waals surface area contributed by atoms with Gasteiger partial charge in [-0.25, -0.2) is 13.2 Å². The second-order valence-electron chi connectivity index (χ2n) is 5.78. The first-order chi connectivity index (χ1) is 13.4. The summed E-state index contributed by atoms with van der Waals surface area (Å²) >= 11 is 0. The Kier molecular flexibility index (Phi) is 5.69. The van der Waals surface area contributed by atoms with Crippen molar-refractivity contribution in [2.45, 2.75) is 6.54 Å². The van der Waals surface area contributed by atoms with Crippen LogP contribution < -0.4 is 10.6 Å². The smallest absolute Gasteiger partial charge is 0.274 e. The summed E-state index contributed by atoms with van der Waals surface area (Å²) in [5.41, 5.74) is 0.0793. The quantitative estimate of drug-likeness (QED) is 0.704. The van der Waals surface area contributed by atoms with Crippen LogP contribution in [0, 0.1) is 17.5 Å². The molecule has 0 aliphatic rings. The van der Waals surface area contributed by atoms with E-state index in [4.69, 9.17) is 0 Å². The molecule has 0 unspecified atom stereocenters. The number of aromatic nitrogens is 1. The van der Waals surface area contributed by atoms with Crippen molar-refractivity contribution in [3.05, 3.63) is 95.1 Å². The summed E-state index contributed by atoms with van der Waals surface area (Å²) in [6.45, 7) is -0.0316. The molecule has 8 heteroatoms. The van der Waals surface area contributed by atoms with Crippen molar-refractivity contribution in [1.82, 2.24) is 10.3 Å². The third kappa shape index (κ3) is 4.53. The molecule has 3 aromatic rings. The zero-order chi connectivity index (χ0) is 20.1. The number of benzene rings is 2. The number of hydrogen-bond acceptors (Lipinski definition) is 3. The predicted octanol–water partition coefficient (Wildman–Crippen LogP) is 3.68. The van der Waals surface area contributed by atoms with Crippen molar-refractivity contribution in [1.29, 1.82) is 0 Å². The van der Waals surface area contributed by atoms with Crippen LogP contribution in [-0.2, 0) is 6.54 Å². The van der Waals surface area contributed by atoms with Gasteiger partial charge < -0.3 is 10.6 Å². The summed E-state index contributed by atoms with van der Waals surface area (Å²) in [4.78, 5) is 28.3. The van der Waals surface area contributed by atoms with Crippen LogP contribution in [0.1, 0.15) is 26.4 Å². The zero-order valence-corrected chi connectivity index (χ0v) is 14.4. The van der Waals surface area contributed by atoms with Crippen molar-refractivity contribution < 1.29 is 22.8 Å². The van der Waals surface area contributed by atoms with E-state index in [0.29, 0.717) is 11.6 Å². The first kappa shape index (κ1) is 19.1. The molecule has 0 saturated heterocycles. The lowest BCUT2D eigenvalue weighted by Gasteiger charge is -2.08. The largest absolute Gasteiger partial charge is 0.348 e. The molecule has 0 aliphatic heterocycles. The maximum atomic E-state index is 13.7. The van der Waals surface area contributed by atoms with E-state index in [0.717, 1.165) is 12.1 Å². The molecule has 0 radical (unpaired) electrons. The Labute approximate surface area is 158 Å². The Morgan fingerprint density at radius 3 is 2.43 bits per heavy atom. The number of nitrogens with zero attached hydrogens (tertiary/aromatic N) is 1. The average molecular weight is 385 g/mol. The van der Waals surface area contributed by atoms with Crippen LogP contribution in [0.25, 0.3) is 0 Å². The Morgan fingerprint density at radius 2 is 1.68 bits per heavy atom. The maximum absolute atomic E-state index is 13.7. The molecule has 3 rings (SSSR count). The normalized spacial score (nSPS) is 10.4. The molecule has 0 bridgehead atoms. The molecule has 2 amide bonds. The van der Waals surface area contributed by atoms with Gasteiger partial charge in [0.2, 0.25) is 0 Å². The standard InChI is InChI=1S/C20H14F3N3O2/c21-14-5-6-17(16(23)10-14)26-20(28)18-9-12(7-8-24-18)19(27)25-11-13-3-1-2-4-15(13)22/h1-10H,11H2,(H,25,27)(H,26,28). The number of rotatable bonds is 5. The second kappa shape index (κ2) is 8.34. The Morgan fingerprint density at radius 1 is 0.893 bits per heavy atom. The molecule has 0 fully saturated rings. The lowest BCUT2D eigenvalue weighted by atomic mass is 10.2. The lowest BCUT2D eigenvalue weighted by molar-refractivity contribution is 0.0950. The number of carbonyl (C=O) groups is 2. The van der Waals surface area contributed by atoms with E-state index in [2.05, 4.69) is 15.6 Å². The Bertz CT molecular complexity index is 1040. The molecule has 142 valence electrons. The number of nitrogens with one attached hydrogen (secondary N) is 2. The summed E-state index contributed by atoms with van der Waals surface area (Å²) in [7, 11) is 0. The molecule has 2 aromatic carbocycles. The number of hydrogen-bond donors (Lipinski definition) is 2. The van der Waals surface area contributed by atoms with Gasteiger partial charge in [-0.3, -0.25) is 14.6 Å². The van der Waals surface area contributed by atoms with Gasteiger partial charge in [0, 0.05) is 29.9 Å². The van der Waals surface area contributed by atoms with E-state index < -0.39 is 29.3 Å². The van der Waals surface area contributed by atoms with Gasteiger partial charge in [0.25, 0.3) is 11.8 Å². The fourth-order valence-corrected chi connectivity index (χ4v) is 2.39.